The third kappa shape index (κ3) is 2.11. The maximum atomic E-state index is 14.7. The minimum absolute atomic E-state index is 0.225. The lowest BCUT2D eigenvalue weighted by atomic mass is 10.0. The number of fused-ring (bicyclic) bond motifs is 1. The average molecular weight is 329 g/mol. The van der Waals surface area contributed by atoms with E-state index in [-0.39, 0.29) is 11.5 Å². The van der Waals surface area contributed by atoms with E-state index in [0.29, 0.717) is 29.9 Å². The first kappa shape index (κ1) is 14.9. The molecule has 1 fully saturated rings. The molecule has 0 radical (unpaired) electrons. The van der Waals surface area contributed by atoms with Crippen LogP contribution in [0.2, 0.25) is 0 Å². The van der Waals surface area contributed by atoms with Gasteiger partial charge in [0.05, 0.1) is 30.3 Å². The largest absolute Gasteiger partial charge is 0.477 e. The number of rotatable bonds is 3. The highest BCUT2D eigenvalue weighted by atomic mass is 19.1. The zero-order chi connectivity index (χ0) is 17.0. The zero-order valence-electron chi connectivity index (χ0n) is 13.1. The molecule has 0 atom stereocenters. The van der Waals surface area contributed by atoms with Gasteiger partial charge in [0.1, 0.15) is 5.56 Å². The van der Waals surface area contributed by atoms with Crippen LogP contribution in [-0.2, 0) is 0 Å². The molecule has 0 unspecified atom stereocenters. The van der Waals surface area contributed by atoms with Crippen molar-refractivity contribution in [3.63, 3.8) is 0 Å². The van der Waals surface area contributed by atoms with Crippen molar-refractivity contribution in [2.75, 3.05) is 18.0 Å². The van der Waals surface area contributed by atoms with Crippen molar-refractivity contribution in [2.24, 2.45) is 4.99 Å². The van der Waals surface area contributed by atoms with E-state index in [1.807, 2.05) is 0 Å². The minimum Gasteiger partial charge on any atom is -0.477 e. The Labute approximate surface area is 136 Å². The Hall–Kier alpha value is -2.70. The van der Waals surface area contributed by atoms with E-state index in [4.69, 9.17) is 0 Å². The fraction of sp³-hybridized carbons (Fsp3) is 0.353. The summed E-state index contributed by atoms with van der Waals surface area (Å²) >= 11 is 0. The highest BCUT2D eigenvalue weighted by Crippen LogP contribution is 2.43. The molecule has 1 N–H and O–H groups in total. The predicted octanol–water partition coefficient (Wildman–Crippen LogP) is 2.17. The number of carboxylic acid groups (broad SMARTS) is 1. The monoisotopic (exact) mass is 329 g/mol. The molecule has 0 aromatic carbocycles. The predicted molar refractivity (Wildman–Crippen MR) is 88.0 cm³/mol. The number of halogens is 1. The van der Waals surface area contributed by atoms with Gasteiger partial charge in [0.2, 0.25) is 0 Å². The SMILES string of the molecule is Cc1c(N2C=NCC2)c(F)cn2c(=O)c(C(=O)O)cc(C3CC3)c12. The number of hydrogen-bond donors (Lipinski definition) is 1. The molecule has 1 aliphatic heterocycles. The summed E-state index contributed by atoms with van der Waals surface area (Å²) in [6.07, 6.45) is 4.60. The summed E-state index contributed by atoms with van der Waals surface area (Å²) in [5.74, 6) is -1.62. The molecule has 1 saturated carbocycles. The van der Waals surface area contributed by atoms with Gasteiger partial charge in [-0.15, -0.1) is 0 Å². The second-order valence-corrected chi connectivity index (χ2v) is 6.28. The average Bonchev–Trinajstić information content (AvgIpc) is 3.24. The van der Waals surface area contributed by atoms with Crippen LogP contribution in [0.4, 0.5) is 10.1 Å². The molecule has 0 bridgehead atoms. The van der Waals surface area contributed by atoms with Crippen LogP contribution in [0.5, 0.6) is 0 Å². The molecule has 124 valence electrons. The van der Waals surface area contributed by atoms with Crippen LogP contribution < -0.4 is 10.5 Å². The smallest absolute Gasteiger partial charge is 0.341 e. The van der Waals surface area contributed by atoms with Gasteiger partial charge < -0.3 is 10.0 Å². The summed E-state index contributed by atoms with van der Waals surface area (Å²) in [5, 5.41) is 9.28. The first-order valence-electron chi connectivity index (χ1n) is 7.87. The Morgan fingerprint density at radius 2 is 2.17 bits per heavy atom. The summed E-state index contributed by atoms with van der Waals surface area (Å²) in [6, 6.07) is 1.46. The minimum atomic E-state index is -1.29. The molecular weight excluding hydrogens is 313 g/mol. The van der Waals surface area contributed by atoms with Crippen molar-refractivity contribution in [1.29, 1.82) is 0 Å². The van der Waals surface area contributed by atoms with Crippen molar-refractivity contribution >= 4 is 23.5 Å². The van der Waals surface area contributed by atoms with Crippen LogP contribution in [0, 0.1) is 12.7 Å². The van der Waals surface area contributed by atoms with Crippen LogP contribution in [0.25, 0.3) is 5.52 Å². The summed E-state index contributed by atoms with van der Waals surface area (Å²) < 4.78 is 15.8. The molecule has 0 saturated heterocycles. The zero-order valence-corrected chi connectivity index (χ0v) is 13.1. The van der Waals surface area contributed by atoms with Crippen molar-refractivity contribution in [3.05, 3.63) is 45.1 Å². The van der Waals surface area contributed by atoms with E-state index >= 15 is 0 Å². The van der Waals surface area contributed by atoms with Gasteiger partial charge in [-0.1, -0.05) is 0 Å². The van der Waals surface area contributed by atoms with E-state index in [1.54, 1.807) is 18.2 Å². The lowest BCUT2D eigenvalue weighted by Gasteiger charge is -2.21. The Morgan fingerprint density at radius 1 is 1.42 bits per heavy atom. The van der Waals surface area contributed by atoms with Crippen LogP contribution in [0.1, 0.15) is 40.2 Å². The fourth-order valence-electron chi connectivity index (χ4n) is 3.40. The van der Waals surface area contributed by atoms with Crippen molar-refractivity contribution in [1.82, 2.24) is 4.40 Å². The summed E-state index contributed by atoms with van der Waals surface area (Å²) in [4.78, 5) is 29.7. The van der Waals surface area contributed by atoms with Crippen LogP contribution >= 0.6 is 0 Å². The van der Waals surface area contributed by atoms with Crippen LogP contribution in [0.3, 0.4) is 0 Å². The van der Waals surface area contributed by atoms with Gasteiger partial charge in [-0.25, -0.2) is 9.18 Å². The van der Waals surface area contributed by atoms with E-state index in [9.17, 15) is 19.1 Å². The van der Waals surface area contributed by atoms with Gasteiger partial charge in [-0.3, -0.25) is 14.2 Å². The molecule has 0 spiro atoms. The maximum Gasteiger partial charge on any atom is 0.341 e. The Kier molecular flexibility index (Phi) is 3.19. The Balaban J connectivity index is 2.09. The van der Waals surface area contributed by atoms with E-state index in [2.05, 4.69) is 4.99 Å². The maximum absolute atomic E-state index is 14.7. The molecule has 0 amide bonds. The first-order valence-corrected chi connectivity index (χ1v) is 7.87. The number of aryl methyl sites for hydroxylation is 1. The number of pyridine rings is 2. The molecule has 24 heavy (non-hydrogen) atoms. The number of anilines is 1. The highest BCUT2D eigenvalue weighted by Gasteiger charge is 2.30. The van der Waals surface area contributed by atoms with Crippen molar-refractivity contribution < 1.29 is 14.3 Å². The van der Waals surface area contributed by atoms with E-state index in [1.165, 1.54) is 6.07 Å². The Bertz CT molecular complexity index is 960. The number of aliphatic imine (C=N–C) groups is 1. The number of aromatic carboxylic acids is 1. The second kappa shape index (κ2) is 5.15. The third-order valence-corrected chi connectivity index (χ3v) is 4.67. The van der Waals surface area contributed by atoms with Gasteiger partial charge in [0.15, 0.2) is 5.82 Å². The summed E-state index contributed by atoms with van der Waals surface area (Å²) in [7, 11) is 0. The third-order valence-electron chi connectivity index (χ3n) is 4.67. The standard InChI is InChI=1S/C17H16FN3O3/c1-9-14-11(10-2-3-10)6-12(17(23)24)16(22)21(14)7-13(18)15(9)20-5-4-19-8-20/h6-8,10H,2-5H2,1H3,(H,23,24). The number of carbonyl (C=O) groups is 1. The van der Waals surface area contributed by atoms with Gasteiger partial charge >= 0.3 is 5.97 Å². The first-order chi connectivity index (χ1) is 11.5. The second-order valence-electron chi connectivity index (χ2n) is 6.28. The van der Waals surface area contributed by atoms with Crippen molar-refractivity contribution in [3.8, 4) is 0 Å². The van der Waals surface area contributed by atoms with Crippen LogP contribution in [0.15, 0.2) is 22.1 Å². The molecule has 6 nitrogen and oxygen atoms in total. The van der Waals surface area contributed by atoms with E-state index in [0.717, 1.165) is 29.0 Å². The quantitative estimate of drug-likeness (QED) is 0.936. The summed E-state index contributed by atoms with van der Waals surface area (Å²) in [5.41, 5.74) is 1.44. The lowest BCUT2D eigenvalue weighted by Crippen LogP contribution is -2.26. The van der Waals surface area contributed by atoms with Gasteiger partial charge in [-0.2, -0.15) is 0 Å². The number of carboxylic acids is 1. The number of hydrogen-bond acceptors (Lipinski definition) is 4. The lowest BCUT2D eigenvalue weighted by molar-refractivity contribution is 0.0694. The van der Waals surface area contributed by atoms with Crippen LogP contribution in [-0.4, -0.2) is 34.9 Å². The molecule has 2 aromatic rings. The fourth-order valence-corrected chi connectivity index (χ4v) is 3.40. The molecule has 4 rings (SSSR count). The molecule has 3 heterocycles. The van der Waals surface area contributed by atoms with E-state index < -0.39 is 17.3 Å². The molecular formula is C17H16FN3O3. The number of nitrogens with zero attached hydrogens (tertiary/aromatic N) is 3. The molecule has 7 heteroatoms. The van der Waals surface area contributed by atoms with Crippen molar-refractivity contribution in [2.45, 2.75) is 25.7 Å². The summed E-state index contributed by atoms with van der Waals surface area (Å²) in [6.45, 7) is 2.96. The normalized spacial score (nSPS) is 17.0. The Morgan fingerprint density at radius 3 is 2.75 bits per heavy atom. The highest BCUT2D eigenvalue weighted by molar-refractivity contribution is 5.90. The molecule has 1 aliphatic carbocycles. The molecule has 2 aromatic heterocycles. The number of aromatic nitrogens is 1. The van der Waals surface area contributed by atoms with Gasteiger partial charge in [-0.05, 0) is 37.3 Å². The van der Waals surface area contributed by atoms with Gasteiger partial charge in [0.25, 0.3) is 5.56 Å². The molecule has 2 aliphatic rings. The van der Waals surface area contributed by atoms with Gasteiger partial charge in [0, 0.05) is 12.1 Å². The topological polar surface area (TPSA) is 74.4 Å².